The van der Waals surface area contributed by atoms with E-state index in [0.29, 0.717) is 17.8 Å². The second-order valence-electron chi connectivity index (χ2n) is 5.74. The quantitative estimate of drug-likeness (QED) is 0.573. The highest BCUT2D eigenvalue weighted by Gasteiger charge is 2.34. The standard InChI is InChI=1S/C13H21N5O2S.CH2O2/c1-10-6-20-7-11-5-17(3-4-18(10)11)12(19)8-21-13-15-14-9-16(13)2;2-1-3/h9-11H,3-8H2,1-2H3;1H,(H,2,3)/t10-,11+;/m0./s1. The zero-order chi connectivity index (χ0) is 17.5. The van der Waals surface area contributed by atoms with Crippen molar-refractivity contribution in [2.24, 2.45) is 7.05 Å². The Labute approximate surface area is 145 Å². The van der Waals surface area contributed by atoms with Crippen molar-refractivity contribution in [3.63, 3.8) is 0 Å². The van der Waals surface area contributed by atoms with E-state index in [0.717, 1.165) is 38.0 Å². The Hall–Kier alpha value is -1.65. The van der Waals surface area contributed by atoms with E-state index in [1.165, 1.54) is 11.8 Å². The lowest BCUT2D eigenvalue weighted by molar-refractivity contribution is -0.136. The molecule has 3 rings (SSSR count). The van der Waals surface area contributed by atoms with Gasteiger partial charge < -0.3 is 19.3 Å². The van der Waals surface area contributed by atoms with Crippen molar-refractivity contribution in [1.82, 2.24) is 24.6 Å². The minimum atomic E-state index is -0.250. The first-order chi connectivity index (χ1) is 11.6. The second kappa shape index (κ2) is 9.00. The number of amides is 1. The molecule has 0 radical (unpaired) electrons. The van der Waals surface area contributed by atoms with Gasteiger partial charge in [-0.2, -0.15) is 0 Å². The van der Waals surface area contributed by atoms with Crippen LogP contribution >= 0.6 is 11.8 Å². The van der Waals surface area contributed by atoms with Crippen LogP contribution < -0.4 is 0 Å². The number of aromatic nitrogens is 3. The first-order valence-electron chi connectivity index (χ1n) is 7.72. The molecule has 1 aromatic rings. The van der Waals surface area contributed by atoms with Crippen LogP contribution in [0.5, 0.6) is 0 Å². The number of hydrogen-bond donors (Lipinski definition) is 1. The number of aryl methyl sites for hydroxylation is 1. The lowest BCUT2D eigenvalue weighted by Gasteiger charge is -2.46. The van der Waals surface area contributed by atoms with Crippen LogP contribution in [-0.4, -0.2) is 92.7 Å². The Morgan fingerprint density at radius 2 is 2.25 bits per heavy atom. The van der Waals surface area contributed by atoms with Gasteiger partial charge in [-0.25, -0.2) is 0 Å². The number of hydrogen-bond acceptors (Lipinski definition) is 7. The van der Waals surface area contributed by atoms with Gasteiger partial charge in [-0.15, -0.1) is 10.2 Å². The molecule has 2 aliphatic rings. The summed E-state index contributed by atoms with van der Waals surface area (Å²) in [5.41, 5.74) is 0. The van der Waals surface area contributed by atoms with Gasteiger partial charge in [0.2, 0.25) is 5.91 Å². The van der Waals surface area contributed by atoms with Crippen molar-refractivity contribution < 1.29 is 19.4 Å². The van der Waals surface area contributed by atoms with Gasteiger partial charge in [-0.05, 0) is 6.92 Å². The minimum Gasteiger partial charge on any atom is -0.483 e. The third-order valence-corrected chi connectivity index (χ3v) is 5.13. The molecule has 0 aromatic carbocycles. The van der Waals surface area contributed by atoms with Crippen LogP contribution in [0.1, 0.15) is 6.92 Å². The molecule has 1 N–H and O–H groups in total. The molecule has 134 valence electrons. The molecule has 0 spiro atoms. The van der Waals surface area contributed by atoms with Crippen LogP contribution in [0.3, 0.4) is 0 Å². The summed E-state index contributed by atoms with van der Waals surface area (Å²) in [7, 11) is 1.88. The maximum atomic E-state index is 12.3. The summed E-state index contributed by atoms with van der Waals surface area (Å²) in [5.74, 6) is 0.580. The maximum absolute atomic E-state index is 12.3. The third kappa shape index (κ3) is 4.68. The van der Waals surface area contributed by atoms with Gasteiger partial charge in [0, 0.05) is 32.7 Å². The van der Waals surface area contributed by atoms with Gasteiger partial charge in [0.1, 0.15) is 6.33 Å². The van der Waals surface area contributed by atoms with E-state index in [2.05, 4.69) is 22.0 Å². The van der Waals surface area contributed by atoms with Crippen LogP contribution in [0, 0.1) is 0 Å². The molecule has 2 saturated heterocycles. The summed E-state index contributed by atoms with van der Waals surface area (Å²) in [6, 6.07) is 0.792. The minimum absolute atomic E-state index is 0.167. The fourth-order valence-electron chi connectivity index (χ4n) is 2.92. The molecule has 2 atom stereocenters. The van der Waals surface area contributed by atoms with Crippen molar-refractivity contribution >= 4 is 24.1 Å². The summed E-state index contributed by atoms with van der Waals surface area (Å²) >= 11 is 1.44. The number of morpholine rings is 1. The fraction of sp³-hybridized carbons (Fsp3) is 0.714. The predicted octanol–water partition coefficient (Wildman–Crippen LogP) is -0.460. The zero-order valence-corrected chi connectivity index (χ0v) is 14.7. The molecule has 3 heterocycles. The summed E-state index contributed by atoms with van der Waals surface area (Å²) < 4.78 is 7.43. The Morgan fingerprint density at radius 1 is 1.50 bits per heavy atom. The monoisotopic (exact) mass is 357 g/mol. The van der Waals surface area contributed by atoms with Crippen LogP contribution in [0.4, 0.5) is 0 Å². The van der Waals surface area contributed by atoms with E-state index in [9.17, 15) is 4.79 Å². The molecular formula is C14H23N5O4S. The molecule has 1 amide bonds. The normalized spacial score (nSPS) is 23.8. The second-order valence-corrected chi connectivity index (χ2v) is 6.68. The van der Waals surface area contributed by atoms with Crippen LogP contribution in [0.15, 0.2) is 11.5 Å². The Kier molecular flexibility index (Phi) is 7.00. The molecule has 1 aromatic heterocycles. The third-order valence-electron chi connectivity index (χ3n) is 4.11. The predicted molar refractivity (Wildman–Crippen MR) is 87.8 cm³/mol. The molecule has 0 aliphatic carbocycles. The number of carbonyl (C=O) groups excluding carboxylic acids is 1. The summed E-state index contributed by atoms with van der Waals surface area (Å²) in [6.07, 6.45) is 1.65. The summed E-state index contributed by atoms with van der Waals surface area (Å²) in [4.78, 5) is 25.1. The van der Waals surface area contributed by atoms with Gasteiger partial charge >= 0.3 is 0 Å². The van der Waals surface area contributed by atoms with Crippen molar-refractivity contribution in [2.75, 3.05) is 38.6 Å². The number of rotatable bonds is 3. The van der Waals surface area contributed by atoms with Gasteiger partial charge in [0.15, 0.2) is 5.16 Å². The number of carboxylic acid groups (broad SMARTS) is 1. The Balaban J connectivity index is 0.000000647. The number of piperazine rings is 1. The topological polar surface area (TPSA) is 101 Å². The van der Waals surface area contributed by atoms with Crippen LogP contribution in [-0.2, 0) is 21.4 Å². The molecule has 0 saturated carbocycles. The van der Waals surface area contributed by atoms with E-state index in [4.69, 9.17) is 14.6 Å². The van der Waals surface area contributed by atoms with Gasteiger partial charge in [-0.3, -0.25) is 14.5 Å². The molecule has 10 heteroatoms. The highest BCUT2D eigenvalue weighted by molar-refractivity contribution is 7.99. The number of fused-ring (bicyclic) bond motifs is 1. The summed E-state index contributed by atoms with van der Waals surface area (Å²) in [6.45, 7) is 5.97. The van der Waals surface area contributed by atoms with E-state index in [1.807, 2.05) is 16.5 Å². The van der Waals surface area contributed by atoms with E-state index < -0.39 is 0 Å². The molecule has 2 fully saturated rings. The van der Waals surface area contributed by atoms with E-state index in [-0.39, 0.29) is 12.4 Å². The zero-order valence-electron chi connectivity index (χ0n) is 13.9. The fourth-order valence-corrected chi connectivity index (χ4v) is 3.71. The van der Waals surface area contributed by atoms with Crippen molar-refractivity contribution in [2.45, 2.75) is 24.2 Å². The first-order valence-corrected chi connectivity index (χ1v) is 8.71. The largest absolute Gasteiger partial charge is 0.483 e. The molecule has 0 unspecified atom stereocenters. The van der Waals surface area contributed by atoms with E-state index >= 15 is 0 Å². The number of carbonyl (C=O) groups is 2. The molecule has 9 nitrogen and oxygen atoms in total. The Morgan fingerprint density at radius 3 is 2.92 bits per heavy atom. The van der Waals surface area contributed by atoms with Gasteiger partial charge in [0.25, 0.3) is 6.47 Å². The average Bonchev–Trinajstić information content (AvgIpc) is 2.98. The Bertz CT molecular complexity index is 555. The number of ether oxygens (including phenoxy) is 1. The van der Waals surface area contributed by atoms with Gasteiger partial charge in [-0.1, -0.05) is 11.8 Å². The molecule has 24 heavy (non-hydrogen) atoms. The molecular weight excluding hydrogens is 334 g/mol. The smallest absolute Gasteiger partial charge is 0.290 e. The van der Waals surface area contributed by atoms with Crippen molar-refractivity contribution in [3.8, 4) is 0 Å². The lowest BCUT2D eigenvalue weighted by Crippen LogP contribution is -2.62. The van der Waals surface area contributed by atoms with Crippen LogP contribution in [0.25, 0.3) is 0 Å². The average molecular weight is 357 g/mol. The van der Waals surface area contributed by atoms with Crippen molar-refractivity contribution in [3.05, 3.63) is 6.33 Å². The lowest BCUT2D eigenvalue weighted by atomic mass is 10.1. The van der Waals surface area contributed by atoms with Crippen LogP contribution in [0.2, 0.25) is 0 Å². The number of thioether (sulfide) groups is 1. The van der Waals surface area contributed by atoms with Crippen molar-refractivity contribution in [1.29, 1.82) is 0 Å². The van der Waals surface area contributed by atoms with Gasteiger partial charge in [0.05, 0.1) is 25.0 Å². The molecule has 2 aliphatic heterocycles. The van der Waals surface area contributed by atoms with E-state index in [1.54, 1.807) is 6.33 Å². The first kappa shape index (κ1) is 18.7. The highest BCUT2D eigenvalue weighted by Crippen LogP contribution is 2.20. The SMILES string of the molecule is C[C@H]1COC[C@H]2CN(C(=O)CSc3nncn3C)CCN21.O=CO. The highest BCUT2D eigenvalue weighted by atomic mass is 32.2. The maximum Gasteiger partial charge on any atom is 0.290 e. The number of nitrogens with zero attached hydrogens (tertiary/aromatic N) is 5. The summed E-state index contributed by atoms with van der Waals surface area (Å²) in [5, 5.41) is 15.5. The molecule has 0 bridgehead atoms.